The molecule has 0 aliphatic carbocycles. The lowest BCUT2D eigenvalue weighted by Crippen LogP contribution is -2.02. The molecule has 3 aromatic rings. The number of nitrogens with zero attached hydrogens (tertiary/aromatic N) is 4. The number of aromatic amines is 1. The highest BCUT2D eigenvalue weighted by Crippen LogP contribution is 2.07. The third-order valence-corrected chi connectivity index (χ3v) is 2.46. The molecule has 0 unspecified atom stereocenters. The van der Waals surface area contributed by atoms with Crippen LogP contribution in [0.5, 0.6) is 0 Å². The van der Waals surface area contributed by atoms with E-state index < -0.39 is 0 Å². The van der Waals surface area contributed by atoms with Gasteiger partial charge in [-0.1, -0.05) is 0 Å². The van der Waals surface area contributed by atoms with Gasteiger partial charge in [0.1, 0.15) is 5.82 Å². The Hall–Kier alpha value is -2.37. The van der Waals surface area contributed by atoms with E-state index in [0.717, 1.165) is 11.5 Å². The van der Waals surface area contributed by atoms with E-state index in [-0.39, 0.29) is 0 Å². The number of pyridine rings is 1. The number of aromatic nitrogens is 5. The maximum absolute atomic E-state index is 4.37. The molecule has 0 fully saturated rings. The molecule has 86 valence electrons. The van der Waals surface area contributed by atoms with Gasteiger partial charge in [-0.05, 0) is 24.6 Å². The Kier molecular flexibility index (Phi) is 2.25. The van der Waals surface area contributed by atoms with Crippen molar-refractivity contribution >= 4 is 11.6 Å². The molecule has 3 aromatic heterocycles. The lowest BCUT2D eigenvalue weighted by Gasteiger charge is -1.96. The fraction of sp³-hybridized carbons (Fsp3) is 0.182. The molecule has 0 radical (unpaired) electrons. The van der Waals surface area contributed by atoms with Crippen LogP contribution in [0.25, 0.3) is 5.65 Å². The van der Waals surface area contributed by atoms with Gasteiger partial charge in [0, 0.05) is 18.6 Å². The molecule has 3 rings (SSSR count). The minimum absolute atomic E-state index is 0.586. The molecule has 17 heavy (non-hydrogen) atoms. The van der Waals surface area contributed by atoms with E-state index in [9.17, 15) is 0 Å². The fourth-order valence-corrected chi connectivity index (χ4v) is 1.62. The van der Waals surface area contributed by atoms with E-state index in [1.165, 1.54) is 5.56 Å². The highest BCUT2D eigenvalue weighted by Gasteiger charge is 2.03. The summed E-state index contributed by atoms with van der Waals surface area (Å²) >= 11 is 0. The molecule has 0 aliphatic heterocycles. The summed E-state index contributed by atoms with van der Waals surface area (Å²) in [7, 11) is 0. The molecule has 0 amide bonds. The third kappa shape index (κ3) is 1.96. The highest BCUT2D eigenvalue weighted by atomic mass is 15.3. The predicted molar refractivity (Wildman–Crippen MR) is 63.6 cm³/mol. The average molecular weight is 228 g/mol. The van der Waals surface area contributed by atoms with E-state index >= 15 is 0 Å². The SMILES string of the molecule is Cc1ccn2nc(NCc3ncc[nH]3)nc2c1. The normalized spacial score (nSPS) is 10.9. The van der Waals surface area contributed by atoms with Gasteiger partial charge in [-0.25, -0.2) is 9.50 Å². The van der Waals surface area contributed by atoms with Crippen LogP contribution in [0.15, 0.2) is 30.7 Å². The molecule has 0 spiro atoms. The van der Waals surface area contributed by atoms with Crippen molar-refractivity contribution in [2.75, 3.05) is 5.32 Å². The van der Waals surface area contributed by atoms with Crippen LogP contribution in [0.3, 0.4) is 0 Å². The molecule has 3 heterocycles. The molecule has 0 aromatic carbocycles. The smallest absolute Gasteiger partial charge is 0.243 e. The molecule has 0 bridgehead atoms. The maximum atomic E-state index is 4.37. The molecule has 2 N–H and O–H groups in total. The van der Waals surface area contributed by atoms with E-state index in [4.69, 9.17) is 0 Å². The van der Waals surface area contributed by atoms with Gasteiger partial charge < -0.3 is 10.3 Å². The van der Waals surface area contributed by atoms with Crippen LogP contribution in [0.4, 0.5) is 5.95 Å². The summed E-state index contributed by atoms with van der Waals surface area (Å²) in [5.74, 6) is 1.46. The van der Waals surface area contributed by atoms with Gasteiger partial charge >= 0.3 is 0 Å². The van der Waals surface area contributed by atoms with Crippen LogP contribution < -0.4 is 5.32 Å². The van der Waals surface area contributed by atoms with E-state index in [1.807, 2.05) is 25.3 Å². The Morgan fingerprint density at radius 2 is 2.41 bits per heavy atom. The number of fused-ring (bicyclic) bond motifs is 1. The second-order valence-corrected chi connectivity index (χ2v) is 3.83. The zero-order valence-corrected chi connectivity index (χ0v) is 9.38. The molecule has 6 nitrogen and oxygen atoms in total. The molecule has 0 saturated heterocycles. The Morgan fingerprint density at radius 3 is 3.24 bits per heavy atom. The van der Waals surface area contributed by atoms with Crippen molar-refractivity contribution in [3.8, 4) is 0 Å². The molecular weight excluding hydrogens is 216 g/mol. The van der Waals surface area contributed by atoms with Crippen molar-refractivity contribution in [2.45, 2.75) is 13.5 Å². The minimum Gasteiger partial charge on any atom is -0.347 e. The Labute approximate surface area is 97.7 Å². The largest absolute Gasteiger partial charge is 0.347 e. The summed E-state index contributed by atoms with van der Waals surface area (Å²) in [5, 5.41) is 7.43. The van der Waals surface area contributed by atoms with Gasteiger partial charge in [-0.2, -0.15) is 4.98 Å². The summed E-state index contributed by atoms with van der Waals surface area (Å²) in [6.07, 6.45) is 5.41. The van der Waals surface area contributed by atoms with Crippen LogP contribution in [0, 0.1) is 6.92 Å². The first-order valence-corrected chi connectivity index (χ1v) is 5.36. The fourth-order valence-electron chi connectivity index (χ4n) is 1.62. The maximum Gasteiger partial charge on any atom is 0.243 e. The average Bonchev–Trinajstić information content (AvgIpc) is 2.94. The van der Waals surface area contributed by atoms with Crippen molar-refractivity contribution in [1.29, 1.82) is 0 Å². The van der Waals surface area contributed by atoms with Gasteiger partial charge in [-0.15, -0.1) is 5.10 Å². The number of imidazole rings is 1. The van der Waals surface area contributed by atoms with Crippen molar-refractivity contribution in [3.63, 3.8) is 0 Å². The Morgan fingerprint density at radius 1 is 1.47 bits per heavy atom. The third-order valence-electron chi connectivity index (χ3n) is 2.46. The van der Waals surface area contributed by atoms with Crippen molar-refractivity contribution in [2.24, 2.45) is 0 Å². The van der Waals surface area contributed by atoms with Crippen LogP contribution >= 0.6 is 0 Å². The Balaban J connectivity index is 1.81. The summed E-state index contributed by atoms with van der Waals surface area (Å²) in [6.45, 7) is 2.62. The lowest BCUT2D eigenvalue weighted by atomic mass is 10.3. The van der Waals surface area contributed by atoms with Crippen molar-refractivity contribution in [1.82, 2.24) is 24.6 Å². The first kappa shape index (κ1) is 9.83. The van der Waals surface area contributed by atoms with Crippen LogP contribution in [0.2, 0.25) is 0 Å². The van der Waals surface area contributed by atoms with Crippen molar-refractivity contribution < 1.29 is 0 Å². The zero-order chi connectivity index (χ0) is 11.7. The van der Waals surface area contributed by atoms with Crippen molar-refractivity contribution in [3.05, 3.63) is 42.1 Å². The topological polar surface area (TPSA) is 70.9 Å². The van der Waals surface area contributed by atoms with E-state index in [1.54, 1.807) is 16.9 Å². The zero-order valence-electron chi connectivity index (χ0n) is 9.38. The summed E-state index contributed by atoms with van der Waals surface area (Å²) in [5.41, 5.74) is 2.01. The summed E-state index contributed by atoms with van der Waals surface area (Å²) < 4.78 is 1.75. The van der Waals surface area contributed by atoms with Gasteiger partial charge in [-0.3, -0.25) is 0 Å². The second kappa shape index (κ2) is 3.89. The standard InChI is InChI=1S/C11H12N6/c1-8-2-5-17-10(6-8)15-11(16-17)14-7-9-12-3-4-13-9/h2-6H,7H2,1H3,(H,12,13)(H,14,16). The number of nitrogens with one attached hydrogen (secondary N) is 2. The molecule has 6 heteroatoms. The predicted octanol–water partition coefficient (Wildman–Crippen LogP) is 1.37. The van der Waals surface area contributed by atoms with Crippen LogP contribution in [0.1, 0.15) is 11.4 Å². The van der Waals surface area contributed by atoms with Gasteiger partial charge in [0.2, 0.25) is 5.95 Å². The molecule has 0 atom stereocenters. The number of rotatable bonds is 3. The van der Waals surface area contributed by atoms with E-state index in [2.05, 4.69) is 25.4 Å². The van der Waals surface area contributed by atoms with Gasteiger partial charge in [0.25, 0.3) is 0 Å². The number of anilines is 1. The first-order valence-electron chi connectivity index (χ1n) is 5.36. The summed E-state index contributed by atoms with van der Waals surface area (Å²) in [6, 6.07) is 3.99. The quantitative estimate of drug-likeness (QED) is 0.710. The van der Waals surface area contributed by atoms with Crippen LogP contribution in [-0.4, -0.2) is 24.6 Å². The van der Waals surface area contributed by atoms with Gasteiger partial charge in [0.15, 0.2) is 5.65 Å². The number of hydrogen-bond acceptors (Lipinski definition) is 4. The molecule has 0 saturated carbocycles. The second-order valence-electron chi connectivity index (χ2n) is 3.83. The number of hydrogen-bond donors (Lipinski definition) is 2. The van der Waals surface area contributed by atoms with E-state index in [0.29, 0.717) is 12.5 Å². The highest BCUT2D eigenvalue weighted by molar-refractivity contribution is 5.45. The Bertz CT molecular complexity index is 625. The van der Waals surface area contributed by atoms with Gasteiger partial charge in [0.05, 0.1) is 6.54 Å². The molecular formula is C11H12N6. The monoisotopic (exact) mass is 228 g/mol. The first-order chi connectivity index (χ1) is 8.31. The summed E-state index contributed by atoms with van der Waals surface area (Å²) in [4.78, 5) is 11.5. The number of aryl methyl sites for hydroxylation is 1. The number of H-pyrrole nitrogens is 1. The minimum atomic E-state index is 0.586. The molecule has 0 aliphatic rings. The van der Waals surface area contributed by atoms with Crippen LogP contribution in [-0.2, 0) is 6.54 Å². The lowest BCUT2D eigenvalue weighted by molar-refractivity contribution is 0.929.